The summed E-state index contributed by atoms with van der Waals surface area (Å²) < 4.78 is 44.2. The number of nitrogens with one attached hydrogen (secondary N) is 1. The first-order valence-corrected chi connectivity index (χ1v) is 7.35. The minimum Gasteiger partial charge on any atom is -0.488 e. The highest BCUT2D eigenvalue weighted by atomic mass is 35.5. The number of rotatable bonds is 3. The molecule has 0 atom stereocenters. The second-order valence-electron chi connectivity index (χ2n) is 6.06. The first-order valence-electron chi connectivity index (χ1n) is 6.97. The number of hydrogen-bond acceptors (Lipinski definition) is 2. The molecule has 2 rings (SSSR count). The van der Waals surface area contributed by atoms with Crippen molar-refractivity contribution in [2.45, 2.75) is 32.5 Å². The van der Waals surface area contributed by atoms with Crippen molar-refractivity contribution in [2.24, 2.45) is 0 Å². The summed E-state index contributed by atoms with van der Waals surface area (Å²) in [6, 6.07) is 10.7. The molecular weight excluding hydrogens is 327 g/mol. The third-order valence-corrected chi connectivity index (χ3v) is 3.17. The van der Waals surface area contributed by atoms with Crippen LogP contribution in [-0.4, -0.2) is 5.60 Å². The fourth-order valence-electron chi connectivity index (χ4n) is 1.95. The lowest BCUT2D eigenvalue weighted by Crippen LogP contribution is -2.22. The number of alkyl halides is 3. The van der Waals surface area contributed by atoms with Crippen LogP contribution in [-0.2, 0) is 6.18 Å². The first kappa shape index (κ1) is 17.5. The van der Waals surface area contributed by atoms with Gasteiger partial charge in [0, 0.05) is 11.4 Å². The van der Waals surface area contributed by atoms with E-state index >= 15 is 0 Å². The highest BCUT2D eigenvalue weighted by Gasteiger charge is 2.33. The van der Waals surface area contributed by atoms with Gasteiger partial charge < -0.3 is 10.1 Å². The zero-order valence-corrected chi connectivity index (χ0v) is 13.7. The molecule has 0 bridgehead atoms. The Balaban J connectivity index is 2.17. The van der Waals surface area contributed by atoms with Crippen molar-refractivity contribution >= 4 is 23.0 Å². The summed E-state index contributed by atoms with van der Waals surface area (Å²) in [6.45, 7) is 5.81. The van der Waals surface area contributed by atoms with Crippen molar-refractivity contribution < 1.29 is 17.9 Å². The van der Waals surface area contributed by atoms with E-state index in [1.165, 1.54) is 12.1 Å². The maximum Gasteiger partial charge on any atom is 0.417 e. The van der Waals surface area contributed by atoms with Gasteiger partial charge in [-0.15, -0.1) is 0 Å². The zero-order valence-electron chi connectivity index (χ0n) is 13.0. The predicted molar refractivity (Wildman–Crippen MR) is 86.6 cm³/mol. The van der Waals surface area contributed by atoms with E-state index in [-0.39, 0.29) is 10.6 Å². The van der Waals surface area contributed by atoms with Gasteiger partial charge in [-0.2, -0.15) is 13.2 Å². The Morgan fingerprint density at radius 3 is 2.00 bits per heavy atom. The van der Waals surface area contributed by atoms with E-state index in [1.54, 1.807) is 24.3 Å². The summed E-state index contributed by atoms with van der Waals surface area (Å²) in [7, 11) is 0. The van der Waals surface area contributed by atoms with Crippen molar-refractivity contribution in [2.75, 3.05) is 5.32 Å². The van der Waals surface area contributed by atoms with E-state index in [0.717, 1.165) is 6.07 Å². The summed E-state index contributed by atoms with van der Waals surface area (Å²) >= 11 is 5.60. The SMILES string of the molecule is CC(C)(C)Oc1ccc(Nc2ccc(Cl)c(C(F)(F)F)c2)cc1. The normalized spacial score (nSPS) is 12.1. The van der Waals surface area contributed by atoms with E-state index < -0.39 is 11.7 Å². The van der Waals surface area contributed by atoms with Gasteiger partial charge in [-0.25, -0.2) is 0 Å². The zero-order chi connectivity index (χ0) is 17.3. The lowest BCUT2D eigenvalue weighted by atomic mass is 10.1. The second kappa shape index (κ2) is 6.32. The Morgan fingerprint density at radius 1 is 0.913 bits per heavy atom. The molecular formula is C17H17ClF3NO. The van der Waals surface area contributed by atoms with Crippen molar-refractivity contribution in [1.29, 1.82) is 0 Å². The van der Waals surface area contributed by atoms with Gasteiger partial charge in [-0.3, -0.25) is 0 Å². The minimum absolute atomic E-state index is 0.311. The number of ether oxygens (including phenoxy) is 1. The third-order valence-electron chi connectivity index (χ3n) is 2.84. The molecule has 0 fully saturated rings. The molecule has 23 heavy (non-hydrogen) atoms. The van der Waals surface area contributed by atoms with Crippen molar-refractivity contribution in [3.63, 3.8) is 0 Å². The second-order valence-corrected chi connectivity index (χ2v) is 6.46. The maximum absolute atomic E-state index is 12.8. The third kappa shape index (κ3) is 5.06. The molecule has 0 aliphatic heterocycles. The molecule has 0 aliphatic rings. The molecule has 0 radical (unpaired) electrons. The maximum atomic E-state index is 12.8. The monoisotopic (exact) mass is 343 g/mol. The molecule has 0 aliphatic carbocycles. The summed E-state index contributed by atoms with van der Waals surface area (Å²) in [4.78, 5) is 0. The molecule has 0 saturated heterocycles. The Morgan fingerprint density at radius 2 is 1.48 bits per heavy atom. The van der Waals surface area contributed by atoms with Crippen LogP contribution in [0.2, 0.25) is 5.02 Å². The fraction of sp³-hybridized carbons (Fsp3) is 0.294. The lowest BCUT2D eigenvalue weighted by molar-refractivity contribution is -0.137. The van der Waals surface area contributed by atoms with E-state index in [2.05, 4.69) is 5.32 Å². The Labute approximate surface area is 138 Å². The van der Waals surface area contributed by atoms with Crippen LogP contribution >= 0.6 is 11.6 Å². The first-order chi connectivity index (χ1) is 10.5. The van der Waals surface area contributed by atoms with Crippen LogP contribution in [0.25, 0.3) is 0 Å². The van der Waals surface area contributed by atoms with Crippen LogP contribution in [0.1, 0.15) is 26.3 Å². The van der Waals surface area contributed by atoms with Gasteiger partial charge >= 0.3 is 6.18 Å². The molecule has 0 heterocycles. The molecule has 2 nitrogen and oxygen atoms in total. The standard InChI is InChI=1S/C17H17ClF3NO/c1-16(2,3)23-13-7-4-11(5-8-13)22-12-6-9-15(18)14(10-12)17(19,20)21/h4-10,22H,1-3H3. The highest BCUT2D eigenvalue weighted by molar-refractivity contribution is 6.31. The van der Waals surface area contributed by atoms with Gasteiger partial charge in [0.25, 0.3) is 0 Å². The van der Waals surface area contributed by atoms with Crippen molar-refractivity contribution in [3.8, 4) is 5.75 Å². The lowest BCUT2D eigenvalue weighted by Gasteiger charge is -2.21. The molecule has 0 unspecified atom stereocenters. The van der Waals surface area contributed by atoms with E-state index in [0.29, 0.717) is 17.1 Å². The van der Waals surface area contributed by atoms with Crippen LogP contribution < -0.4 is 10.1 Å². The topological polar surface area (TPSA) is 21.3 Å². The number of hydrogen-bond donors (Lipinski definition) is 1. The molecule has 2 aromatic carbocycles. The van der Waals surface area contributed by atoms with Crippen LogP contribution in [0.4, 0.5) is 24.5 Å². The van der Waals surface area contributed by atoms with Gasteiger partial charge in [0.1, 0.15) is 11.4 Å². The molecule has 6 heteroatoms. The molecule has 1 N–H and O–H groups in total. The number of halogens is 4. The summed E-state index contributed by atoms with van der Waals surface area (Å²) in [6.07, 6.45) is -4.49. The van der Waals surface area contributed by atoms with Crippen molar-refractivity contribution in [3.05, 3.63) is 53.1 Å². The van der Waals surface area contributed by atoms with Gasteiger partial charge in [-0.1, -0.05) is 11.6 Å². The van der Waals surface area contributed by atoms with E-state index in [1.807, 2.05) is 20.8 Å². The Hall–Kier alpha value is -1.88. The van der Waals surface area contributed by atoms with Gasteiger partial charge in [0.2, 0.25) is 0 Å². The van der Waals surface area contributed by atoms with E-state index in [4.69, 9.17) is 16.3 Å². The van der Waals surface area contributed by atoms with E-state index in [9.17, 15) is 13.2 Å². The summed E-state index contributed by atoms with van der Waals surface area (Å²) in [5, 5.41) is 2.60. The molecule has 0 amide bonds. The Kier molecular flexibility index (Phi) is 4.80. The average molecular weight is 344 g/mol. The Bertz CT molecular complexity index is 676. The average Bonchev–Trinajstić information content (AvgIpc) is 2.40. The van der Waals surface area contributed by atoms with Crippen LogP contribution in [0.5, 0.6) is 5.75 Å². The number of benzene rings is 2. The molecule has 0 aromatic heterocycles. The quantitative estimate of drug-likeness (QED) is 0.708. The van der Waals surface area contributed by atoms with Crippen LogP contribution in [0.15, 0.2) is 42.5 Å². The van der Waals surface area contributed by atoms with Crippen LogP contribution in [0, 0.1) is 0 Å². The van der Waals surface area contributed by atoms with Gasteiger partial charge in [0.05, 0.1) is 10.6 Å². The predicted octanol–water partition coefficient (Wildman–Crippen LogP) is 6.28. The fourth-order valence-corrected chi connectivity index (χ4v) is 2.17. The number of anilines is 2. The van der Waals surface area contributed by atoms with Gasteiger partial charge in [0.15, 0.2) is 0 Å². The highest BCUT2D eigenvalue weighted by Crippen LogP contribution is 2.36. The van der Waals surface area contributed by atoms with Gasteiger partial charge in [-0.05, 0) is 63.2 Å². The summed E-state index contributed by atoms with van der Waals surface area (Å²) in [5.41, 5.74) is -0.211. The minimum atomic E-state index is -4.49. The molecule has 0 spiro atoms. The van der Waals surface area contributed by atoms with Crippen molar-refractivity contribution in [1.82, 2.24) is 0 Å². The van der Waals surface area contributed by atoms with Crippen LogP contribution in [0.3, 0.4) is 0 Å². The summed E-state index contributed by atoms with van der Waals surface area (Å²) in [5.74, 6) is 0.690. The smallest absolute Gasteiger partial charge is 0.417 e. The molecule has 0 saturated carbocycles. The molecule has 2 aromatic rings. The largest absolute Gasteiger partial charge is 0.488 e. The molecule has 124 valence electrons.